The lowest BCUT2D eigenvalue weighted by molar-refractivity contribution is -0.0449. The first-order valence-corrected chi connectivity index (χ1v) is 7.76. The van der Waals surface area contributed by atoms with Crippen LogP contribution in [0.2, 0.25) is 0 Å². The third-order valence-corrected chi connectivity index (χ3v) is 3.87. The summed E-state index contributed by atoms with van der Waals surface area (Å²) in [7, 11) is 1.44. The van der Waals surface area contributed by atoms with Crippen molar-refractivity contribution in [2.24, 2.45) is 0 Å². The molecule has 0 bridgehead atoms. The fraction of sp³-hybridized carbons (Fsp3) is 0.333. The van der Waals surface area contributed by atoms with Crippen LogP contribution in [0.4, 0.5) is 8.78 Å². The summed E-state index contributed by atoms with van der Waals surface area (Å²) in [6.45, 7) is 1.77. The molecule has 24 heavy (non-hydrogen) atoms. The average molecular weight is 335 g/mol. The van der Waals surface area contributed by atoms with Gasteiger partial charge in [0.1, 0.15) is 11.9 Å². The van der Waals surface area contributed by atoms with E-state index in [0.29, 0.717) is 18.7 Å². The Bertz CT molecular complexity index is 690. The predicted octanol–water partition coefficient (Wildman–Crippen LogP) is 3.08. The molecule has 128 valence electrons. The number of halogens is 2. The van der Waals surface area contributed by atoms with Gasteiger partial charge in [-0.05, 0) is 29.8 Å². The molecule has 2 aromatic rings. The summed E-state index contributed by atoms with van der Waals surface area (Å²) < 4.78 is 44.7. The van der Waals surface area contributed by atoms with Crippen LogP contribution >= 0.6 is 0 Å². The second-order valence-electron chi connectivity index (χ2n) is 5.48. The highest BCUT2D eigenvalue weighted by Gasteiger charge is 2.30. The summed E-state index contributed by atoms with van der Waals surface area (Å²) in [5, 5.41) is 3.20. The average Bonchev–Trinajstić information content (AvgIpc) is 2.61. The largest absolute Gasteiger partial charge is 0.493 e. The lowest BCUT2D eigenvalue weighted by atomic mass is 10.0. The van der Waals surface area contributed by atoms with E-state index in [0.717, 1.165) is 6.54 Å². The molecule has 0 aliphatic carbocycles. The molecule has 0 spiro atoms. The first-order valence-electron chi connectivity index (χ1n) is 7.76. The molecule has 3 rings (SSSR count). The maximum Gasteiger partial charge on any atom is 0.197 e. The van der Waals surface area contributed by atoms with Crippen molar-refractivity contribution in [2.45, 2.75) is 12.2 Å². The molecule has 4 nitrogen and oxygen atoms in total. The van der Waals surface area contributed by atoms with Gasteiger partial charge in [0.05, 0.1) is 13.7 Å². The van der Waals surface area contributed by atoms with Crippen LogP contribution in [0, 0.1) is 11.6 Å². The van der Waals surface area contributed by atoms with E-state index >= 15 is 0 Å². The summed E-state index contributed by atoms with van der Waals surface area (Å²) in [6, 6.07) is 10.5. The molecular weight excluding hydrogens is 316 g/mol. The highest BCUT2D eigenvalue weighted by molar-refractivity contribution is 5.41. The first-order chi connectivity index (χ1) is 11.7. The molecule has 0 aromatic heterocycles. The van der Waals surface area contributed by atoms with Crippen molar-refractivity contribution in [3.8, 4) is 11.5 Å². The van der Waals surface area contributed by atoms with Crippen LogP contribution in [0.3, 0.4) is 0 Å². The number of benzene rings is 2. The zero-order valence-electron chi connectivity index (χ0n) is 13.3. The molecule has 1 heterocycles. The van der Waals surface area contributed by atoms with Gasteiger partial charge in [0, 0.05) is 13.1 Å². The van der Waals surface area contributed by atoms with Crippen molar-refractivity contribution in [2.75, 3.05) is 26.8 Å². The SMILES string of the molecule is COc1cccc(F)c1O[C@@H](c1cccc(F)c1)[C@@H]1CNCCO1. The normalized spacial score (nSPS) is 18.9. The second kappa shape index (κ2) is 7.59. The molecule has 2 aromatic carbocycles. The number of nitrogens with one attached hydrogen (secondary N) is 1. The quantitative estimate of drug-likeness (QED) is 0.912. The molecular formula is C18H19F2NO3. The number of hydrogen-bond acceptors (Lipinski definition) is 4. The first kappa shape index (κ1) is 16.7. The van der Waals surface area contributed by atoms with Crippen LogP contribution in [0.25, 0.3) is 0 Å². The Hall–Kier alpha value is -2.18. The Balaban J connectivity index is 1.96. The van der Waals surface area contributed by atoms with Gasteiger partial charge < -0.3 is 19.5 Å². The molecule has 0 radical (unpaired) electrons. The molecule has 1 aliphatic heterocycles. The molecule has 2 atom stereocenters. The number of hydrogen-bond donors (Lipinski definition) is 1. The number of ether oxygens (including phenoxy) is 3. The Morgan fingerprint density at radius 3 is 2.75 bits per heavy atom. The van der Waals surface area contributed by atoms with Crippen molar-refractivity contribution in [1.29, 1.82) is 0 Å². The number of para-hydroxylation sites is 1. The fourth-order valence-corrected chi connectivity index (χ4v) is 2.71. The van der Waals surface area contributed by atoms with E-state index in [9.17, 15) is 8.78 Å². The summed E-state index contributed by atoms with van der Waals surface area (Å²) >= 11 is 0. The van der Waals surface area contributed by atoms with Crippen LogP contribution in [-0.2, 0) is 4.74 Å². The van der Waals surface area contributed by atoms with Crippen LogP contribution in [0.1, 0.15) is 11.7 Å². The van der Waals surface area contributed by atoms with Gasteiger partial charge in [-0.1, -0.05) is 18.2 Å². The highest BCUT2D eigenvalue weighted by atomic mass is 19.1. The van der Waals surface area contributed by atoms with Gasteiger partial charge in [0.15, 0.2) is 23.4 Å². The van der Waals surface area contributed by atoms with Crippen molar-refractivity contribution in [1.82, 2.24) is 5.32 Å². The molecule has 1 aliphatic rings. The van der Waals surface area contributed by atoms with Gasteiger partial charge in [0.2, 0.25) is 0 Å². The molecule has 1 N–H and O–H groups in total. The summed E-state index contributed by atoms with van der Waals surface area (Å²) in [5.74, 6) is -0.659. The summed E-state index contributed by atoms with van der Waals surface area (Å²) in [6.07, 6.45) is -1.04. The number of methoxy groups -OCH3 is 1. The Kier molecular flexibility index (Phi) is 5.27. The lowest BCUT2D eigenvalue weighted by Gasteiger charge is -2.32. The van der Waals surface area contributed by atoms with Crippen LogP contribution < -0.4 is 14.8 Å². The standard InChI is InChI=1S/C18H19F2NO3/c1-22-15-7-3-6-14(20)18(15)24-17(16-11-21-8-9-23-16)12-4-2-5-13(19)10-12/h2-7,10,16-17,21H,8-9,11H2,1H3/t16-,17-/m0/s1. The maximum absolute atomic E-state index is 14.2. The van der Waals surface area contributed by atoms with Crippen molar-refractivity contribution < 1.29 is 23.0 Å². The van der Waals surface area contributed by atoms with E-state index in [1.165, 1.54) is 31.4 Å². The molecule has 1 saturated heterocycles. The Morgan fingerprint density at radius 2 is 2.04 bits per heavy atom. The highest BCUT2D eigenvalue weighted by Crippen LogP contribution is 2.35. The Morgan fingerprint density at radius 1 is 1.21 bits per heavy atom. The van der Waals surface area contributed by atoms with E-state index in [4.69, 9.17) is 14.2 Å². The monoisotopic (exact) mass is 335 g/mol. The van der Waals surface area contributed by atoms with Gasteiger partial charge in [-0.15, -0.1) is 0 Å². The van der Waals surface area contributed by atoms with Gasteiger partial charge in [0.25, 0.3) is 0 Å². The number of rotatable bonds is 5. The van der Waals surface area contributed by atoms with Gasteiger partial charge in [-0.2, -0.15) is 0 Å². The molecule has 0 unspecified atom stereocenters. The zero-order valence-corrected chi connectivity index (χ0v) is 13.3. The van der Waals surface area contributed by atoms with Gasteiger partial charge in [-0.25, -0.2) is 8.78 Å². The van der Waals surface area contributed by atoms with E-state index in [1.807, 2.05) is 0 Å². The third-order valence-electron chi connectivity index (χ3n) is 3.87. The van der Waals surface area contributed by atoms with Crippen LogP contribution in [0.15, 0.2) is 42.5 Å². The minimum atomic E-state index is -0.667. The minimum Gasteiger partial charge on any atom is -0.493 e. The van der Waals surface area contributed by atoms with E-state index in [-0.39, 0.29) is 23.4 Å². The lowest BCUT2D eigenvalue weighted by Crippen LogP contribution is -2.43. The van der Waals surface area contributed by atoms with Gasteiger partial charge in [-0.3, -0.25) is 0 Å². The van der Waals surface area contributed by atoms with E-state index in [2.05, 4.69) is 5.32 Å². The minimum absolute atomic E-state index is 0.0107. The fourth-order valence-electron chi connectivity index (χ4n) is 2.71. The Labute approximate surface area is 139 Å². The molecule has 1 fully saturated rings. The van der Waals surface area contributed by atoms with Crippen molar-refractivity contribution in [3.05, 3.63) is 59.7 Å². The summed E-state index contributed by atoms with van der Waals surface area (Å²) in [4.78, 5) is 0. The molecule has 6 heteroatoms. The maximum atomic E-state index is 14.2. The second-order valence-corrected chi connectivity index (χ2v) is 5.48. The number of morpholine rings is 1. The molecule has 0 amide bonds. The van der Waals surface area contributed by atoms with Crippen LogP contribution in [0.5, 0.6) is 11.5 Å². The molecule has 0 saturated carbocycles. The zero-order chi connectivity index (χ0) is 16.9. The predicted molar refractivity (Wildman–Crippen MR) is 85.3 cm³/mol. The topological polar surface area (TPSA) is 39.7 Å². The third kappa shape index (κ3) is 3.66. The van der Waals surface area contributed by atoms with Crippen molar-refractivity contribution in [3.63, 3.8) is 0 Å². The van der Waals surface area contributed by atoms with Crippen molar-refractivity contribution >= 4 is 0 Å². The van der Waals surface area contributed by atoms with E-state index < -0.39 is 11.9 Å². The van der Waals surface area contributed by atoms with Gasteiger partial charge >= 0.3 is 0 Å². The summed E-state index contributed by atoms with van der Waals surface area (Å²) in [5.41, 5.74) is 0.578. The van der Waals surface area contributed by atoms with E-state index in [1.54, 1.807) is 18.2 Å². The van der Waals surface area contributed by atoms with Crippen LogP contribution in [-0.4, -0.2) is 32.9 Å². The smallest absolute Gasteiger partial charge is 0.197 e.